The fraction of sp³-hybridized carbons (Fsp3) is 0.357. The van der Waals surface area contributed by atoms with Crippen molar-refractivity contribution < 1.29 is 43.0 Å². The second-order valence-electron chi connectivity index (χ2n) is 11.1. The molecule has 3 aliphatic rings. The lowest BCUT2D eigenvalue weighted by molar-refractivity contribution is -0.171. The number of nitrogens with two attached hydrogens (primary N) is 1. The number of aliphatic hydroxyl groups is 2. The molecule has 1 fully saturated rings. The number of pyridine rings is 2. The van der Waals surface area contributed by atoms with Crippen molar-refractivity contribution in [3.63, 3.8) is 0 Å². The normalized spacial score (nSPS) is 26.3. The topological polar surface area (TPSA) is 240 Å². The Morgan fingerprint density at radius 2 is 1.93 bits per heavy atom. The van der Waals surface area contributed by atoms with Crippen LogP contribution in [0.2, 0.25) is 0 Å². The Hall–Kier alpha value is -4.35. The van der Waals surface area contributed by atoms with Gasteiger partial charge in [-0.15, -0.1) is 0 Å². The van der Waals surface area contributed by atoms with Gasteiger partial charge in [0.2, 0.25) is 11.5 Å². The maximum absolute atomic E-state index is 13.7. The van der Waals surface area contributed by atoms with Gasteiger partial charge in [-0.2, -0.15) is 4.98 Å². The molecule has 6 heterocycles. The van der Waals surface area contributed by atoms with Crippen LogP contribution in [0.3, 0.4) is 0 Å². The molecule has 6 unspecified atom stereocenters. The standard InChI is InChI=1S/C28H27N6O11P/c1-2-28(45-46(40,41)43-11-19-21(35)22(36)24(44-19)34-12-30-26(29)32-27(34)39)16-8-18-20-14(7-13-5-3-4-6-17(13)31-20)9-33(18)23(37)15(16)10-42-25(28)38/h3-8,12,19,21-22,24,35-36H,2,9-11H2,1H3,(H,40,41)(H2,29,32,39). The van der Waals surface area contributed by atoms with Crippen LogP contribution in [0.15, 0.2) is 52.3 Å². The predicted octanol–water partition coefficient (Wildman–Crippen LogP) is 0.0742. The number of esters is 1. The predicted molar refractivity (Wildman–Crippen MR) is 156 cm³/mol. The van der Waals surface area contributed by atoms with Crippen molar-refractivity contribution in [2.75, 3.05) is 12.3 Å². The number of benzene rings is 1. The first-order chi connectivity index (χ1) is 21.9. The molecule has 17 nitrogen and oxygen atoms in total. The van der Waals surface area contributed by atoms with Crippen molar-refractivity contribution in [3.05, 3.63) is 80.3 Å². The van der Waals surface area contributed by atoms with Crippen LogP contribution in [0.4, 0.5) is 5.95 Å². The quantitative estimate of drug-likeness (QED) is 0.134. The Kier molecular flexibility index (Phi) is 7.17. The van der Waals surface area contributed by atoms with E-state index >= 15 is 0 Å². The smallest absolute Gasteiger partial charge is 0.458 e. The highest BCUT2D eigenvalue weighted by molar-refractivity contribution is 7.47. The van der Waals surface area contributed by atoms with Crippen LogP contribution < -0.4 is 17.0 Å². The zero-order valence-electron chi connectivity index (χ0n) is 24.0. The summed E-state index contributed by atoms with van der Waals surface area (Å²) in [5.41, 5.74) is 4.29. The summed E-state index contributed by atoms with van der Waals surface area (Å²) in [4.78, 5) is 61.9. The van der Waals surface area contributed by atoms with E-state index in [2.05, 4.69) is 9.97 Å². The first-order valence-electron chi connectivity index (χ1n) is 14.2. The molecule has 240 valence electrons. The van der Waals surface area contributed by atoms with E-state index in [-0.39, 0.29) is 36.6 Å². The van der Waals surface area contributed by atoms with Gasteiger partial charge in [0.05, 0.1) is 35.6 Å². The van der Waals surface area contributed by atoms with Gasteiger partial charge in [0.1, 0.15) is 31.2 Å². The summed E-state index contributed by atoms with van der Waals surface area (Å²) >= 11 is 0. The second kappa shape index (κ2) is 10.9. The van der Waals surface area contributed by atoms with Gasteiger partial charge in [-0.25, -0.2) is 24.1 Å². The molecule has 18 heteroatoms. The summed E-state index contributed by atoms with van der Waals surface area (Å²) in [6.07, 6.45) is -5.52. The molecule has 3 aliphatic heterocycles. The molecule has 0 bridgehead atoms. The van der Waals surface area contributed by atoms with Crippen LogP contribution >= 0.6 is 7.82 Å². The first-order valence-corrected chi connectivity index (χ1v) is 15.7. The second-order valence-corrected chi connectivity index (χ2v) is 12.4. The fourth-order valence-corrected chi connectivity index (χ4v) is 7.17. The molecular weight excluding hydrogens is 627 g/mol. The van der Waals surface area contributed by atoms with Gasteiger partial charge in [0.15, 0.2) is 6.23 Å². The highest BCUT2D eigenvalue weighted by atomic mass is 31.2. The molecular formula is C28H27N6O11P. The van der Waals surface area contributed by atoms with E-state index in [1.807, 2.05) is 30.3 Å². The van der Waals surface area contributed by atoms with Crippen molar-refractivity contribution in [2.24, 2.45) is 0 Å². The number of carbonyl (C=O) groups is 1. The minimum atomic E-state index is -5.18. The highest BCUT2D eigenvalue weighted by Gasteiger charge is 2.53. The van der Waals surface area contributed by atoms with E-state index in [0.717, 1.165) is 21.8 Å². The number of fused-ring (bicyclic) bond motifs is 5. The minimum Gasteiger partial charge on any atom is -0.458 e. The van der Waals surface area contributed by atoms with Gasteiger partial charge >= 0.3 is 19.5 Å². The number of hydrogen-bond donors (Lipinski definition) is 4. The lowest BCUT2D eigenvalue weighted by Gasteiger charge is -2.36. The number of ether oxygens (including phenoxy) is 2. The maximum atomic E-state index is 13.7. The Morgan fingerprint density at radius 1 is 1.15 bits per heavy atom. The number of nitrogen functional groups attached to an aromatic ring is 1. The van der Waals surface area contributed by atoms with Crippen LogP contribution in [0.1, 0.15) is 36.3 Å². The first kappa shape index (κ1) is 30.3. The summed E-state index contributed by atoms with van der Waals surface area (Å²) in [6, 6.07) is 10.9. The molecule has 4 aromatic rings. The average molecular weight is 655 g/mol. The minimum absolute atomic E-state index is 0.0403. The monoisotopic (exact) mass is 654 g/mol. The summed E-state index contributed by atoms with van der Waals surface area (Å²) in [5.74, 6) is -1.33. The van der Waals surface area contributed by atoms with E-state index in [0.29, 0.717) is 16.9 Å². The van der Waals surface area contributed by atoms with E-state index < -0.39 is 61.8 Å². The van der Waals surface area contributed by atoms with Crippen LogP contribution in [-0.2, 0) is 46.6 Å². The Balaban J connectivity index is 1.18. The molecule has 7 rings (SSSR count). The molecule has 0 amide bonds. The van der Waals surface area contributed by atoms with Crippen molar-refractivity contribution in [2.45, 2.75) is 56.6 Å². The van der Waals surface area contributed by atoms with Crippen LogP contribution in [0.25, 0.3) is 22.3 Å². The number of aliphatic hydroxyl groups excluding tert-OH is 2. The summed E-state index contributed by atoms with van der Waals surface area (Å²) in [7, 11) is -5.18. The Morgan fingerprint density at radius 3 is 2.70 bits per heavy atom. The third-order valence-corrected chi connectivity index (χ3v) is 9.43. The van der Waals surface area contributed by atoms with Gasteiger partial charge < -0.3 is 34.9 Å². The SMILES string of the molecule is CCC1(OP(=O)(O)OCC2OC(n3cnc(N)nc3=O)C(O)C2O)C(=O)OCc2c1cc1n(c2=O)Cc2cc3ccccc3nc2-1. The summed E-state index contributed by atoms with van der Waals surface area (Å²) in [5, 5.41) is 21.9. The number of anilines is 1. The van der Waals surface area contributed by atoms with E-state index in [1.165, 1.54) is 11.5 Å². The molecule has 46 heavy (non-hydrogen) atoms. The number of phosphoric acid groups is 1. The molecule has 6 atom stereocenters. The van der Waals surface area contributed by atoms with Crippen molar-refractivity contribution in [1.82, 2.24) is 24.1 Å². The molecule has 5 N–H and O–H groups in total. The zero-order valence-corrected chi connectivity index (χ0v) is 24.9. The van der Waals surface area contributed by atoms with E-state index in [4.69, 9.17) is 29.2 Å². The number of nitrogens with zero attached hydrogens (tertiary/aromatic N) is 5. The molecule has 0 saturated carbocycles. The number of phosphoric ester groups is 1. The van der Waals surface area contributed by atoms with Crippen LogP contribution in [0, 0.1) is 0 Å². The molecule has 0 spiro atoms. The van der Waals surface area contributed by atoms with Crippen molar-refractivity contribution >= 4 is 30.6 Å². The molecule has 3 aromatic heterocycles. The van der Waals surface area contributed by atoms with Gasteiger partial charge in [0.25, 0.3) is 5.56 Å². The number of rotatable bonds is 7. The lowest BCUT2D eigenvalue weighted by Crippen LogP contribution is -2.46. The zero-order chi connectivity index (χ0) is 32.5. The number of cyclic esters (lactones) is 1. The molecule has 0 aliphatic carbocycles. The molecule has 1 aromatic carbocycles. The highest BCUT2D eigenvalue weighted by Crippen LogP contribution is 2.54. The number of carbonyl (C=O) groups excluding carboxylic acids is 1. The molecule has 0 radical (unpaired) electrons. The molecule has 1 saturated heterocycles. The summed E-state index contributed by atoms with van der Waals surface area (Å²) < 4.78 is 37.2. The van der Waals surface area contributed by atoms with E-state index in [9.17, 15) is 34.1 Å². The third-order valence-electron chi connectivity index (χ3n) is 8.41. The number of hydrogen-bond acceptors (Lipinski definition) is 14. The summed E-state index contributed by atoms with van der Waals surface area (Å²) in [6.45, 7) is 0.551. The third kappa shape index (κ3) is 4.75. The maximum Gasteiger partial charge on any atom is 0.473 e. The van der Waals surface area contributed by atoms with E-state index in [1.54, 1.807) is 6.07 Å². The van der Waals surface area contributed by atoms with Crippen molar-refractivity contribution in [3.8, 4) is 11.4 Å². The van der Waals surface area contributed by atoms with Gasteiger partial charge in [-0.1, -0.05) is 25.1 Å². The lowest BCUT2D eigenvalue weighted by atomic mass is 9.86. The Bertz CT molecular complexity index is 2090. The number of para-hydroxylation sites is 1. The Labute approximate surface area is 258 Å². The van der Waals surface area contributed by atoms with Gasteiger partial charge in [0, 0.05) is 16.5 Å². The largest absolute Gasteiger partial charge is 0.473 e. The average Bonchev–Trinajstić information content (AvgIpc) is 3.52. The van der Waals surface area contributed by atoms with Gasteiger partial charge in [-0.05, 0) is 24.6 Å². The van der Waals surface area contributed by atoms with Crippen LogP contribution in [0.5, 0.6) is 0 Å². The van der Waals surface area contributed by atoms with Crippen molar-refractivity contribution in [1.29, 1.82) is 0 Å². The number of aromatic nitrogens is 5. The van der Waals surface area contributed by atoms with Crippen LogP contribution in [-0.4, -0.2) is 70.1 Å². The fourth-order valence-electron chi connectivity index (χ4n) is 6.08. The van der Waals surface area contributed by atoms with Gasteiger partial charge in [-0.3, -0.25) is 18.4 Å².